The van der Waals surface area contributed by atoms with Crippen LogP contribution in [0.2, 0.25) is 0 Å². The number of amides is 1. The molecule has 0 radical (unpaired) electrons. The number of carbonyl (C=O) groups is 1. The molecule has 0 saturated heterocycles. The van der Waals surface area contributed by atoms with Crippen LogP contribution < -0.4 is 9.47 Å². The predicted molar refractivity (Wildman–Crippen MR) is 112 cm³/mol. The highest BCUT2D eigenvalue weighted by atomic mass is 19.4. The zero-order valence-corrected chi connectivity index (χ0v) is 18.2. The largest absolute Gasteiger partial charge is 0.616 e. The second kappa shape index (κ2) is 8.79. The molecule has 0 spiro atoms. The molecular formula is C24H18F6N2O3. The number of nitrogens with zero attached hydrogens (tertiary/aromatic N) is 2. The van der Waals surface area contributed by atoms with Crippen molar-refractivity contribution in [3.05, 3.63) is 87.8 Å². The van der Waals surface area contributed by atoms with Crippen LogP contribution in [0.25, 0.3) is 11.1 Å². The lowest BCUT2D eigenvalue weighted by atomic mass is 9.96. The van der Waals surface area contributed by atoms with E-state index in [9.17, 15) is 36.3 Å². The van der Waals surface area contributed by atoms with E-state index in [0.29, 0.717) is 28.0 Å². The standard InChI is InChI=1S/C24H18F6N2O3/c1-14-4-2-3-5-18(14)19-6-7-32(34)22-20(19)21(33)31(8-9-35-22)13-15-10-16(23(25,26)27)12-17(11-15)24(28,29)30/h2-7,10-12H,8-9,13H2,1H3. The molecule has 2 aromatic carbocycles. The number of pyridine rings is 1. The van der Waals surface area contributed by atoms with Gasteiger partial charge in [0.1, 0.15) is 6.61 Å². The molecule has 0 saturated carbocycles. The Kier molecular flexibility index (Phi) is 6.12. The molecule has 1 amide bonds. The van der Waals surface area contributed by atoms with Crippen molar-refractivity contribution in [3.63, 3.8) is 0 Å². The molecule has 5 nitrogen and oxygen atoms in total. The van der Waals surface area contributed by atoms with E-state index < -0.39 is 35.9 Å². The molecule has 11 heteroatoms. The van der Waals surface area contributed by atoms with Crippen molar-refractivity contribution in [3.8, 4) is 17.0 Å². The van der Waals surface area contributed by atoms with Gasteiger partial charge in [-0.3, -0.25) is 4.79 Å². The first kappa shape index (κ1) is 24.4. The fourth-order valence-electron chi connectivity index (χ4n) is 3.95. The summed E-state index contributed by atoms with van der Waals surface area (Å²) in [4.78, 5) is 14.6. The predicted octanol–water partition coefficient (Wildman–Crippen LogP) is 5.37. The molecule has 0 bridgehead atoms. The zero-order valence-electron chi connectivity index (χ0n) is 18.2. The quantitative estimate of drug-likeness (QED) is 0.279. The van der Waals surface area contributed by atoms with Gasteiger partial charge in [-0.1, -0.05) is 24.3 Å². The normalized spacial score (nSPS) is 14.4. The number of benzene rings is 2. The van der Waals surface area contributed by atoms with Gasteiger partial charge in [0, 0.05) is 18.2 Å². The highest BCUT2D eigenvalue weighted by Gasteiger charge is 2.38. The van der Waals surface area contributed by atoms with Crippen molar-refractivity contribution in [2.45, 2.75) is 25.8 Å². The van der Waals surface area contributed by atoms with Gasteiger partial charge in [-0.15, -0.1) is 4.73 Å². The number of aromatic nitrogens is 1. The van der Waals surface area contributed by atoms with Crippen LogP contribution in [0.15, 0.2) is 54.7 Å². The lowest BCUT2D eigenvalue weighted by Crippen LogP contribution is -2.33. The Labute approximate surface area is 195 Å². The SMILES string of the molecule is Cc1ccccc1-c1cc[n+]([O-])c2c1C(=O)N(Cc1cc(C(F)(F)F)cc(C(F)(F)F)c1)CCO2. The van der Waals surface area contributed by atoms with Crippen LogP contribution in [0, 0.1) is 12.1 Å². The monoisotopic (exact) mass is 496 g/mol. The number of carbonyl (C=O) groups excluding carboxylic acids is 1. The Morgan fingerprint density at radius 3 is 2.20 bits per heavy atom. The van der Waals surface area contributed by atoms with Gasteiger partial charge >= 0.3 is 18.2 Å². The van der Waals surface area contributed by atoms with E-state index in [1.807, 2.05) is 0 Å². The summed E-state index contributed by atoms with van der Waals surface area (Å²) >= 11 is 0. The highest BCUT2D eigenvalue weighted by molar-refractivity contribution is 6.03. The molecule has 0 atom stereocenters. The highest BCUT2D eigenvalue weighted by Crippen LogP contribution is 2.37. The second-order valence-corrected chi connectivity index (χ2v) is 8.04. The van der Waals surface area contributed by atoms with E-state index in [2.05, 4.69) is 0 Å². The second-order valence-electron chi connectivity index (χ2n) is 8.04. The fourth-order valence-corrected chi connectivity index (χ4v) is 3.95. The lowest BCUT2D eigenvalue weighted by molar-refractivity contribution is -0.612. The van der Waals surface area contributed by atoms with Crippen LogP contribution >= 0.6 is 0 Å². The number of fused-ring (bicyclic) bond motifs is 1. The van der Waals surface area contributed by atoms with E-state index in [0.717, 1.165) is 10.5 Å². The molecule has 1 aliphatic heterocycles. The average molecular weight is 496 g/mol. The molecule has 0 fully saturated rings. The van der Waals surface area contributed by atoms with E-state index in [1.165, 1.54) is 12.3 Å². The number of ether oxygens (including phenoxy) is 1. The van der Waals surface area contributed by atoms with E-state index >= 15 is 0 Å². The fraction of sp³-hybridized carbons (Fsp3) is 0.250. The van der Waals surface area contributed by atoms with Gasteiger partial charge in [-0.05, 0) is 41.8 Å². The van der Waals surface area contributed by atoms with Gasteiger partial charge in [0.25, 0.3) is 5.91 Å². The number of alkyl halides is 6. The third-order valence-corrected chi connectivity index (χ3v) is 5.62. The van der Waals surface area contributed by atoms with Gasteiger partial charge in [-0.25, -0.2) is 0 Å². The number of hydrogen-bond donors (Lipinski definition) is 0. The summed E-state index contributed by atoms with van der Waals surface area (Å²) in [5, 5.41) is 12.4. The van der Waals surface area contributed by atoms with Gasteiger partial charge in [0.15, 0.2) is 11.8 Å². The maximum atomic E-state index is 13.5. The third-order valence-electron chi connectivity index (χ3n) is 5.62. The van der Waals surface area contributed by atoms with Gasteiger partial charge in [0.2, 0.25) is 0 Å². The molecule has 1 aliphatic rings. The van der Waals surface area contributed by atoms with Crippen molar-refractivity contribution in [1.82, 2.24) is 4.90 Å². The van der Waals surface area contributed by atoms with Gasteiger partial charge < -0.3 is 14.8 Å². The number of rotatable bonds is 3. The van der Waals surface area contributed by atoms with Crippen LogP contribution in [0.1, 0.15) is 32.6 Å². The Morgan fingerprint density at radius 2 is 1.60 bits per heavy atom. The van der Waals surface area contributed by atoms with Gasteiger partial charge in [0.05, 0.1) is 17.7 Å². The topological polar surface area (TPSA) is 56.5 Å². The maximum absolute atomic E-state index is 13.5. The summed E-state index contributed by atoms with van der Waals surface area (Å²) in [6.07, 6.45) is -8.85. The van der Waals surface area contributed by atoms with Crippen LogP contribution in [0.3, 0.4) is 0 Å². The van der Waals surface area contributed by atoms with Crippen molar-refractivity contribution >= 4 is 5.91 Å². The minimum atomic E-state index is -5.01. The summed E-state index contributed by atoms with van der Waals surface area (Å²) in [5.41, 5.74) is -1.64. The Hall–Kier alpha value is -3.76. The molecule has 184 valence electrons. The van der Waals surface area contributed by atoms with E-state index in [1.54, 1.807) is 31.2 Å². The summed E-state index contributed by atoms with van der Waals surface area (Å²) in [5.74, 6) is -1.02. The van der Waals surface area contributed by atoms with Crippen molar-refractivity contribution in [2.24, 2.45) is 0 Å². The summed E-state index contributed by atoms with van der Waals surface area (Å²) in [7, 11) is 0. The van der Waals surface area contributed by atoms with Crippen LogP contribution in [0.5, 0.6) is 5.88 Å². The number of aryl methyl sites for hydroxylation is 1. The van der Waals surface area contributed by atoms with Crippen LogP contribution in [0.4, 0.5) is 26.3 Å². The van der Waals surface area contributed by atoms with Gasteiger partial charge in [-0.2, -0.15) is 26.3 Å². The first-order valence-electron chi connectivity index (χ1n) is 10.4. The van der Waals surface area contributed by atoms with Crippen molar-refractivity contribution in [1.29, 1.82) is 0 Å². The smallest absolute Gasteiger partial charge is 0.416 e. The first-order valence-corrected chi connectivity index (χ1v) is 10.4. The molecule has 0 unspecified atom stereocenters. The van der Waals surface area contributed by atoms with Crippen molar-refractivity contribution < 1.29 is 40.6 Å². The molecule has 35 heavy (non-hydrogen) atoms. The molecule has 2 heterocycles. The Balaban J connectivity index is 1.79. The summed E-state index contributed by atoms with van der Waals surface area (Å²) in [6.45, 7) is 0.915. The van der Waals surface area contributed by atoms with E-state index in [-0.39, 0.29) is 36.2 Å². The molecule has 3 aromatic rings. The number of hydrogen-bond acceptors (Lipinski definition) is 3. The minimum absolute atomic E-state index is 0.0305. The zero-order chi connectivity index (χ0) is 25.5. The molecule has 1 aromatic heterocycles. The van der Waals surface area contributed by atoms with E-state index in [4.69, 9.17) is 4.74 Å². The molecular weight excluding hydrogens is 478 g/mol. The van der Waals surface area contributed by atoms with Crippen LogP contribution in [-0.4, -0.2) is 24.0 Å². The Bertz CT molecular complexity index is 1250. The van der Waals surface area contributed by atoms with Crippen molar-refractivity contribution in [2.75, 3.05) is 13.2 Å². The maximum Gasteiger partial charge on any atom is 0.416 e. The summed E-state index contributed by atoms with van der Waals surface area (Å²) < 4.78 is 85.5. The molecule has 0 N–H and O–H groups in total. The molecule has 0 aliphatic carbocycles. The average Bonchev–Trinajstić information content (AvgIpc) is 2.93. The first-order chi connectivity index (χ1) is 16.4. The minimum Gasteiger partial charge on any atom is -0.616 e. The third kappa shape index (κ3) is 4.89. The number of halogens is 6. The molecule has 4 rings (SSSR count). The Morgan fingerprint density at radius 1 is 0.971 bits per heavy atom. The lowest BCUT2D eigenvalue weighted by Gasteiger charge is -2.22. The van der Waals surface area contributed by atoms with Crippen LogP contribution in [-0.2, 0) is 18.9 Å². The summed E-state index contributed by atoms with van der Waals surface area (Å²) in [6, 6.07) is 9.64.